The zero-order valence-corrected chi connectivity index (χ0v) is 4.77. The van der Waals surface area contributed by atoms with E-state index in [0.29, 0.717) is 12.3 Å². The van der Waals surface area contributed by atoms with Crippen LogP contribution in [0.5, 0.6) is 0 Å². The van der Waals surface area contributed by atoms with E-state index in [1.165, 1.54) is 0 Å². The van der Waals surface area contributed by atoms with Crippen LogP contribution in [-0.2, 0) is 4.79 Å². The fraction of sp³-hybridized carbons (Fsp3) is 0.800. The first kappa shape index (κ1) is 6.73. The minimum absolute atomic E-state index is 0.213. The summed E-state index contributed by atoms with van der Waals surface area (Å²) < 4.78 is 0. The Labute approximate surface area is 45.5 Å². The number of carbonyl (C=O) groups is 1. The van der Waals surface area contributed by atoms with Crippen molar-refractivity contribution < 1.29 is 4.79 Å². The van der Waals surface area contributed by atoms with E-state index in [1.54, 1.807) is 0 Å². The van der Waals surface area contributed by atoms with Gasteiger partial charge in [0.1, 0.15) is 0 Å². The van der Waals surface area contributed by atoms with Crippen molar-refractivity contribution in [3.63, 3.8) is 0 Å². The predicted molar refractivity (Wildman–Crippen MR) is 30.2 cm³/mol. The molecule has 0 aliphatic heterocycles. The maximum Gasteiger partial charge on any atom is 0.167 e. The lowest BCUT2D eigenvalue weighted by atomic mass is 9.94. The predicted octanol–water partition coefficient (Wildman–Crippen LogP) is 0.728. The molecule has 0 aliphatic rings. The largest absolute Gasteiger partial charge is 0.313 e. The highest BCUT2D eigenvalue weighted by atomic mass is 16.1. The Hall–Kier alpha value is -0.265. The van der Waals surface area contributed by atoms with Gasteiger partial charge in [0.2, 0.25) is 0 Å². The van der Waals surface area contributed by atoms with Crippen LogP contribution in [0.3, 0.4) is 0 Å². The minimum Gasteiger partial charge on any atom is -0.313 e. The van der Waals surface area contributed by atoms with Crippen LogP contribution >= 0.6 is 0 Å². The summed E-state index contributed by atoms with van der Waals surface area (Å²) in [4.78, 5) is 10.0. The zero-order chi connectivity index (χ0) is 5.86. The van der Waals surface area contributed by atoms with Crippen molar-refractivity contribution in [2.45, 2.75) is 20.3 Å². The highest BCUT2D eigenvalue weighted by molar-refractivity contribution is 6.57. The summed E-state index contributed by atoms with van der Waals surface area (Å²) in [5.41, 5.74) is -0.213. The summed E-state index contributed by atoms with van der Waals surface area (Å²) in [7, 11) is 4.85. The van der Waals surface area contributed by atoms with Crippen molar-refractivity contribution >= 4 is 13.5 Å². The second kappa shape index (κ2) is 2.83. The van der Waals surface area contributed by atoms with E-state index in [2.05, 4.69) is 0 Å². The molecule has 0 saturated heterocycles. The van der Waals surface area contributed by atoms with E-state index in [0.717, 1.165) is 0 Å². The van der Waals surface area contributed by atoms with Gasteiger partial charge in [0.15, 0.2) is 7.85 Å². The molecule has 0 fully saturated rings. The van der Waals surface area contributed by atoms with Crippen LogP contribution in [-0.4, -0.2) is 13.5 Å². The molecule has 0 heterocycles. The minimum atomic E-state index is -0.213. The molecule has 0 amide bonds. The van der Waals surface area contributed by atoms with Gasteiger partial charge in [0, 0.05) is 0 Å². The van der Waals surface area contributed by atoms with Crippen LogP contribution in [0.2, 0.25) is 0 Å². The Morgan fingerprint density at radius 3 is 2.14 bits per heavy atom. The van der Waals surface area contributed by atoms with Crippen LogP contribution in [0, 0.1) is 5.92 Å². The molecule has 0 bridgehead atoms. The SMILES string of the molecule is [B]C(=O)CC(C)C. The third-order valence-electron chi connectivity index (χ3n) is 0.609. The molecule has 38 valence electrons. The van der Waals surface area contributed by atoms with Gasteiger partial charge in [-0.25, -0.2) is 0 Å². The van der Waals surface area contributed by atoms with E-state index in [1.807, 2.05) is 13.8 Å². The molecule has 2 heteroatoms. The second-order valence-electron chi connectivity index (χ2n) is 2.06. The van der Waals surface area contributed by atoms with E-state index in [9.17, 15) is 4.79 Å². The monoisotopic (exact) mass is 96.1 g/mol. The van der Waals surface area contributed by atoms with Gasteiger partial charge in [-0.15, -0.1) is 0 Å². The van der Waals surface area contributed by atoms with Gasteiger partial charge in [-0.1, -0.05) is 13.8 Å². The average molecular weight is 95.9 g/mol. The molecule has 0 spiro atoms. The molecule has 0 atom stereocenters. The molecule has 7 heavy (non-hydrogen) atoms. The average Bonchev–Trinajstić information content (AvgIpc) is 1.27. The van der Waals surface area contributed by atoms with Crippen molar-refractivity contribution in [2.24, 2.45) is 5.92 Å². The van der Waals surface area contributed by atoms with Gasteiger partial charge in [-0.05, 0) is 12.3 Å². The molecule has 1 nitrogen and oxygen atoms in total. The van der Waals surface area contributed by atoms with Crippen molar-refractivity contribution in [1.82, 2.24) is 0 Å². The molecule has 0 aromatic rings. The summed E-state index contributed by atoms with van der Waals surface area (Å²) in [6.45, 7) is 3.93. The summed E-state index contributed by atoms with van der Waals surface area (Å²) in [5.74, 6) is 0.400. The first-order valence-electron chi connectivity index (χ1n) is 2.41. The maximum absolute atomic E-state index is 10.0. The highest BCUT2D eigenvalue weighted by Crippen LogP contribution is 1.96. The zero-order valence-electron chi connectivity index (χ0n) is 4.77. The number of rotatable bonds is 2. The maximum atomic E-state index is 10.0. The highest BCUT2D eigenvalue weighted by Gasteiger charge is 1.94. The van der Waals surface area contributed by atoms with Crippen LogP contribution < -0.4 is 0 Å². The molecular weight excluding hydrogens is 86.9 g/mol. The Balaban J connectivity index is 3.13. The summed E-state index contributed by atoms with van der Waals surface area (Å²) in [5, 5.41) is 0. The van der Waals surface area contributed by atoms with Crippen molar-refractivity contribution in [2.75, 3.05) is 0 Å². The Kier molecular flexibility index (Phi) is 2.73. The molecular formula is C5H9BO. The molecule has 0 rings (SSSR count). The Morgan fingerprint density at radius 1 is 1.71 bits per heavy atom. The normalized spacial score (nSPS) is 9.57. The quantitative estimate of drug-likeness (QED) is 0.463. The first-order chi connectivity index (χ1) is 3.13. The van der Waals surface area contributed by atoms with Gasteiger partial charge >= 0.3 is 0 Å². The smallest absolute Gasteiger partial charge is 0.167 e. The van der Waals surface area contributed by atoms with Crippen molar-refractivity contribution in [3.05, 3.63) is 0 Å². The van der Waals surface area contributed by atoms with E-state index in [-0.39, 0.29) is 5.68 Å². The third-order valence-corrected chi connectivity index (χ3v) is 0.609. The molecule has 0 N–H and O–H groups in total. The number of carbonyl (C=O) groups excluding carboxylic acids is 1. The summed E-state index contributed by atoms with van der Waals surface area (Å²) in [6, 6.07) is 0. The van der Waals surface area contributed by atoms with E-state index < -0.39 is 0 Å². The van der Waals surface area contributed by atoms with E-state index in [4.69, 9.17) is 7.85 Å². The second-order valence-corrected chi connectivity index (χ2v) is 2.06. The molecule has 0 aromatic heterocycles. The van der Waals surface area contributed by atoms with Crippen LogP contribution in [0.15, 0.2) is 0 Å². The van der Waals surface area contributed by atoms with Crippen LogP contribution in [0.1, 0.15) is 20.3 Å². The van der Waals surface area contributed by atoms with Gasteiger partial charge < -0.3 is 4.79 Å². The fourth-order valence-electron chi connectivity index (χ4n) is 0.402. The molecule has 0 saturated carbocycles. The molecule has 0 aromatic carbocycles. The lowest BCUT2D eigenvalue weighted by Gasteiger charge is -1.96. The number of hydrogen-bond donors (Lipinski definition) is 0. The Morgan fingerprint density at radius 2 is 2.14 bits per heavy atom. The van der Waals surface area contributed by atoms with Gasteiger partial charge in [0.25, 0.3) is 0 Å². The van der Waals surface area contributed by atoms with Crippen LogP contribution in [0.25, 0.3) is 0 Å². The van der Waals surface area contributed by atoms with Crippen molar-refractivity contribution in [1.29, 1.82) is 0 Å². The lowest BCUT2D eigenvalue weighted by molar-refractivity contribution is -0.112. The fourth-order valence-corrected chi connectivity index (χ4v) is 0.402. The third kappa shape index (κ3) is 5.73. The molecule has 0 unspecified atom stereocenters. The molecule has 2 radical (unpaired) electrons. The topological polar surface area (TPSA) is 17.1 Å². The summed E-state index contributed by atoms with van der Waals surface area (Å²) in [6.07, 6.45) is 0.500. The standard InChI is InChI=1S/C5H9BO/c1-4(2)3-5(6)7/h4H,3H2,1-2H3. The summed E-state index contributed by atoms with van der Waals surface area (Å²) >= 11 is 0. The van der Waals surface area contributed by atoms with E-state index >= 15 is 0 Å². The number of hydrogen-bond acceptors (Lipinski definition) is 1. The first-order valence-corrected chi connectivity index (χ1v) is 2.41. The van der Waals surface area contributed by atoms with Crippen LogP contribution in [0.4, 0.5) is 0 Å². The van der Waals surface area contributed by atoms with Gasteiger partial charge in [-0.3, -0.25) is 0 Å². The van der Waals surface area contributed by atoms with Gasteiger partial charge in [0.05, 0.1) is 5.68 Å². The molecule has 0 aliphatic carbocycles. The lowest BCUT2D eigenvalue weighted by Crippen LogP contribution is -2.00. The Bertz CT molecular complexity index is 68.5. The van der Waals surface area contributed by atoms with Gasteiger partial charge in [-0.2, -0.15) is 0 Å². The van der Waals surface area contributed by atoms with Crippen molar-refractivity contribution in [3.8, 4) is 0 Å².